The summed E-state index contributed by atoms with van der Waals surface area (Å²) in [5.74, 6) is -0.597. The third-order valence-corrected chi connectivity index (χ3v) is 3.24. The van der Waals surface area contributed by atoms with Gasteiger partial charge < -0.3 is 4.74 Å². The molecule has 1 aromatic carbocycles. The molecule has 2 aromatic rings. The number of nitrogens with zero attached hydrogens (tertiary/aromatic N) is 1. The summed E-state index contributed by atoms with van der Waals surface area (Å²) in [6, 6.07) is 9.07. The fourth-order valence-electron chi connectivity index (χ4n) is 1.90. The number of Topliss-reactive ketones (excluding diaryl/α,β-unsaturated/α-hetero) is 1. The maximum atomic E-state index is 12.2. The number of esters is 1. The second kappa shape index (κ2) is 5.64. The number of pyridine rings is 1. The number of rotatable bonds is 3. The Bertz CT molecular complexity index is 699. The summed E-state index contributed by atoms with van der Waals surface area (Å²) in [5.41, 5.74) is 1.41. The van der Waals surface area contributed by atoms with Crippen LogP contribution < -0.4 is 0 Å². The molecular formula is C17H19NO3. The molecule has 21 heavy (non-hydrogen) atoms. The number of benzene rings is 1. The van der Waals surface area contributed by atoms with E-state index in [1.807, 2.05) is 31.2 Å². The van der Waals surface area contributed by atoms with Gasteiger partial charge in [-0.15, -0.1) is 0 Å². The highest BCUT2D eigenvalue weighted by atomic mass is 16.5. The third-order valence-electron chi connectivity index (χ3n) is 3.24. The van der Waals surface area contributed by atoms with Gasteiger partial charge in [0.15, 0.2) is 12.4 Å². The van der Waals surface area contributed by atoms with Gasteiger partial charge in [0.05, 0.1) is 11.1 Å². The van der Waals surface area contributed by atoms with E-state index in [1.165, 1.54) is 0 Å². The number of hydrogen-bond donors (Lipinski definition) is 0. The van der Waals surface area contributed by atoms with Crippen LogP contribution in [0.4, 0.5) is 0 Å². The fourth-order valence-corrected chi connectivity index (χ4v) is 1.90. The van der Waals surface area contributed by atoms with E-state index in [9.17, 15) is 9.59 Å². The van der Waals surface area contributed by atoms with E-state index in [0.717, 1.165) is 16.6 Å². The summed E-state index contributed by atoms with van der Waals surface area (Å²) >= 11 is 0. The lowest BCUT2D eigenvalue weighted by atomic mass is 9.91. The van der Waals surface area contributed by atoms with Crippen LogP contribution in [-0.2, 0) is 9.53 Å². The quantitative estimate of drug-likeness (QED) is 0.812. The Hall–Kier alpha value is -2.23. The van der Waals surface area contributed by atoms with Crippen LogP contribution in [0.2, 0.25) is 0 Å². The topological polar surface area (TPSA) is 56.3 Å². The maximum absolute atomic E-state index is 12.2. The summed E-state index contributed by atoms with van der Waals surface area (Å²) in [7, 11) is 0. The first kappa shape index (κ1) is 15.2. The molecule has 0 saturated heterocycles. The zero-order valence-electron chi connectivity index (χ0n) is 12.8. The van der Waals surface area contributed by atoms with Crippen LogP contribution in [0.15, 0.2) is 30.3 Å². The van der Waals surface area contributed by atoms with Gasteiger partial charge in [-0.05, 0) is 19.1 Å². The molecule has 0 radical (unpaired) electrons. The molecule has 0 atom stereocenters. The highest BCUT2D eigenvalue weighted by molar-refractivity contribution is 6.04. The summed E-state index contributed by atoms with van der Waals surface area (Å²) < 4.78 is 5.16. The second-order valence-electron chi connectivity index (χ2n) is 6.08. The van der Waals surface area contributed by atoms with Crippen molar-refractivity contribution in [2.24, 2.45) is 5.41 Å². The molecule has 0 N–H and O–H groups in total. The Morgan fingerprint density at radius 3 is 2.52 bits per heavy atom. The predicted octanol–water partition coefficient (Wildman–Crippen LogP) is 3.32. The Morgan fingerprint density at radius 2 is 1.86 bits per heavy atom. The molecule has 0 aliphatic rings. The van der Waals surface area contributed by atoms with Crippen molar-refractivity contribution in [1.29, 1.82) is 0 Å². The SMILES string of the molecule is Cc1cc(C(=O)OCC(=O)C(C)(C)C)c2ccccc2n1. The first-order valence-corrected chi connectivity index (χ1v) is 6.86. The van der Waals surface area contributed by atoms with E-state index in [-0.39, 0.29) is 12.4 Å². The number of ketones is 1. The van der Waals surface area contributed by atoms with Gasteiger partial charge in [-0.1, -0.05) is 39.0 Å². The van der Waals surface area contributed by atoms with Crippen molar-refractivity contribution in [3.05, 3.63) is 41.6 Å². The average Bonchev–Trinajstić information content (AvgIpc) is 2.42. The van der Waals surface area contributed by atoms with E-state index < -0.39 is 11.4 Å². The number of carbonyl (C=O) groups is 2. The number of para-hydroxylation sites is 1. The Morgan fingerprint density at radius 1 is 1.19 bits per heavy atom. The van der Waals surface area contributed by atoms with Crippen LogP contribution in [-0.4, -0.2) is 23.3 Å². The number of ether oxygens (including phenoxy) is 1. The highest BCUT2D eigenvalue weighted by Gasteiger charge is 2.23. The lowest BCUT2D eigenvalue weighted by Crippen LogP contribution is -2.26. The molecule has 0 aliphatic heterocycles. The monoisotopic (exact) mass is 285 g/mol. The zero-order valence-corrected chi connectivity index (χ0v) is 12.8. The van der Waals surface area contributed by atoms with E-state index in [2.05, 4.69) is 4.98 Å². The van der Waals surface area contributed by atoms with Gasteiger partial charge in [0.1, 0.15) is 0 Å². The normalized spacial score (nSPS) is 11.4. The lowest BCUT2D eigenvalue weighted by Gasteiger charge is -2.16. The van der Waals surface area contributed by atoms with Crippen molar-refractivity contribution < 1.29 is 14.3 Å². The highest BCUT2D eigenvalue weighted by Crippen LogP contribution is 2.20. The summed E-state index contributed by atoms with van der Waals surface area (Å²) in [5, 5.41) is 0.733. The predicted molar refractivity (Wildman–Crippen MR) is 81.2 cm³/mol. The van der Waals surface area contributed by atoms with Crippen LogP contribution in [0.1, 0.15) is 36.8 Å². The molecule has 0 unspecified atom stereocenters. The van der Waals surface area contributed by atoms with E-state index in [4.69, 9.17) is 4.74 Å². The Labute approximate surface area is 124 Å². The number of fused-ring (bicyclic) bond motifs is 1. The second-order valence-corrected chi connectivity index (χ2v) is 6.08. The first-order chi connectivity index (χ1) is 9.79. The minimum Gasteiger partial charge on any atom is -0.454 e. The van der Waals surface area contributed by atoms with Gasteiger partial charge >= 0.3 is 5.97 Å². The molecule has 4 nitrogen and oxygen atoms in total. The molecule has 0 aliphatic carbocycles. The van der Waals surface area contributed by atoms with Crippen molar-refractivity contribution in [3.8, 4) is 0 Å². The summed E-state index contributed by atoms with van der Waals surface area (Å²) in [4.78, 5) is 28.5. The van der Waals surface area contributed by atoms with Gasteiger partial charge in [-0.3, -0.25) is 9.78 Å². The van der Waals surface area contributed by atoms with Crippen molar-refractivity contribution in [2.75, 3.05) is 6.61 Å². The summed E-state index contributed by atoms with van der Waals surface area (Å²) in [6.45, 7) is 7.01. The van der Waals surface area contributed by atoms with Crippen LogP contribution >= 0.6 is 0 Å². The standard InChI is InChI=1S/C17H19NO3/c1-11-9-13(12-7-5-6-8-14(12)18-11)16(20)21-10-15(19)17(2,3)4/h5-9H,10H2,1-4H3. The van der Waals surface area contributed by atoms with Crippen molar-refractivity contribution in [1.82, 2.24) is 4.98 Å². The Balaban J connectivity index is 2.26. The van der Waals surface area contributed by atoms with E-state index >= 15 is 0 Å². The number of carbonyl (C=O) groups excluding carboxylic acids is 2. The molecule has 0 saturated carbocycles. The molecule has 2 rings (SSSR count). The van der Waals surface area contributed by atoms with Crippen molar-refractivity contribution in [3.63, 3.8) is 0 Å². The minimum absolute atomic E-state index is 0.106. The fraction of sp³-hybridized carbons (Fsp3) is 0.353. The molecular weight excluding hydrogens is 266 g/mol. The minimum atomic E-state index is -0.517. The van der Waals surface area contributed by atoms with Crippen molar-refractivity contribution >= 4 is 22.7 Å². The number of hydrogen-bond acceptors (Lipinski definition) is 4. The largest absolute Gasteiger partial charge is 0.454 e. The van der Waals surface area contributed by atoms with E-state index in [1.54, 1.807) is 26.8 Å². The lowest BCUT2D eigenvalue weighted by molar-refractivity contribution is -0.129. The summed E-state index contributed by atoms with van der Waals surface area (Å²) in [6.07, 6.45) is 0. The molecule has 1 aromatic heterocycles. The van der Waals surface area contributed by atoms with Gasteiger partial charge in [0.2, 0.25) is 0 Å². The van der Waals surface area contributed by atoms with Gasteiger partial charge in [0, 0.05) is 16.5 Å². The average molecular weight is 285 g/mol. The van der Waals surface area contributed by atoms with Crippen LogP contribution in [0, 0.1) is 12.3 Å². The third kappa shape index (κ3) is 3.45. The molecule has 0 fully saturated rings. The van der Waals surface area contributed by atoms with Gasteiger partial charge in [-0.2, -0.15) is 0 Å². The van der Waals surface area contributed by atoms with Crippen LogP contribution in [0.25, 0.3) is 10.9 Å². The molecule has 0 amide bonds. The number of aromatic nitrogens is 1. The maximum Gasteiger partial charge on any atom is 0.339 e. The first-order valence-electron chi connectivity index (χ1n) is 6.86. The molecule has 1 heterocycles. The molecule has 0 spiro atoms. The molecule has 0 bridgehead atoms. The van der Waals surface area contributed by atoms with Crippen LogP contribution in [0.5, 0.6) is 0 Å². The van der Waals surface area contributed by atoms with Crippen LogP contribution in [0.3, 0.4) is 0 Å². The zero-order chi connectivity index (χ0) is 15.6. The number of aryl methyl sites for hydroxylation is 1. The smallest absolute Gasteiger partial charge is 0.339 e. The Kier molecular flexibility index (Phi) is 4.07. The van der Waals surface area contributed by atoms with E-state index in [0.29, 0.717) is 5.56 Å². The van der Waals surface area contributed by atoms with Gasteiger partial charge in [-0.25, -0.2) is 4.79 Å². The molecule has 110 valence electrons. The van der Waals surface area contributed by atoms with Gasteiger partial charge in [0.25, 0.3) is 0 Å². The molecule has 4 heteroatoms. The van der Waals surface area contributed by atoms with Crippen molar-refractivity contribution in [2.45, 2.75) is 27.7 Å².